The molecule has 1 aromatic carbocycles. The third-order valence-electron chi connectivity index (χ3n) is 1.72. The summed E-state index contributed by atoms with van der Waals surface area (Å²) in [6.45, 7) is 1.57. The second-order valence-electron chi connectivity index (χ2n) is 2.88. The molecule has 0 spiro atoms. The second-order valence-corrected chi connectivity index (χ2v) is 5.81. The van der Waals surface area contributed by atoms with Crippen LogP contribution < -0.4 is 4.72 Å². The van der Waals surface area contributed by atoms with Crippen LogP contribution >= 0.6 is 15.9 Å². The number of hydrogen-bond donors (Lipinski definition) is 1. The zero-order valence-corrected chi connectivity index (χ0v) is 10.5. The van der Waals surface area contributed by atoms with Crippen molar-refractivity contribution >= 4 is 31.6 Å². The Labute approximate surface area is 98.1 Å². The maximum absolute atomic E-state index is 11.3. The minimum atomic E-state index is -3.25. The lowest BCUT2D eigenvalue weighted by Crippen LogP contribution is -2.14. The molecule has 0 aliphatic carbocycles. The summed E-state index contributed by atoms with van der Waals surface area (Å²) in [5.41, 5.74) is 1.09. The molecule has 80 valence electrons. The molecule has 15 heavy (non-hydrogen) atoms. The minimum Gasteiger partial charge on any atom is -0.283 e. The molecule has 3 nitrogen and oxygen atoms in total. The summed E-state index contributed by atoms with van der Waals surface area (Å²) >= 11 is 3.25. The molecule has 0 amide bonds. The van der Waals surface area contributed by atoms with Crippen LogP contribution in [0.15, 0.2) is 22.7 Å². The van der Waals surface area contributed by atoms with Crippen molar-refractivity contribution in [2.45, 2.75) is 6.92 Å². The van der Waals surface area contributed by atoms with Crippen LogP contribution in [-0.4, -0.2) is 14.2 Å². The highest BCUT2D eigenvalue weighted by Gasteiger charge is 2.07. The highest BCUT2D eigenvalue weighted by molar-refractivity contribution is 9.10. The molecule has 0 aliphatic heterocycles. The van der Waals surface area contributed by atoms with E-state index in [4.69, 9.17) is 6.42 Å². The van der Waals surface area contributed by atoms with Gasteiger partial charge in [0, 0.05) is 10.0 Å². The van der Waals surface area contributed by atoms with Gasteiger partial charge in [0.25, 0.3) is 0 Å². The highest BCUT2D eigenvalue weighted by atomic mass is 79.9. The SMILES string of the molecule is C#Cc1cc(Br)cc(NS(=O)(=O)CC)c1. The molecule has 0 aromatic heterocycles. The predicted molar refractivity (Wildman–Crippen MR) is 65.2 cm³/mol. The normalized spacial score (nSPS) is 10.7. The van der Waals surface area contributed by atoms with Gasteiger partial charge in [-0.05, 0) is 25.1 Å². The first-order chi connectivity index (χ1) is 6.96. The molecule has 0 heterocycles. The van der Waals surface area contributed by atoms with Gasteiger partial charge in [-0.25, -0.2) is 8.42 Å². The van der Waals surface area contributed by atoms with Crippen molar-refractivity contribution in [2.75, 3.05) is 10.5 Å². The standard InChI is InChI=1S/C10H10BrNO2S/c1-3-8-5-9(11)7-10(6-8)12-15(13,14)4-2/h1,5-7,12H,4H2,2H3. The van der Waals surface area contributed by atoms with E-state index < -0.39 is 10.0 Å². The fourth-order valence-electron chi connectivity index (χ4n) is 0.984. The van der Waals surface area contributed by atoms with Crippen molar-refractivity contribution in [1.82, 2.24) is 0 Å². The zero-order chi connectivity index (χ0) is 11.5. The molecule has 1 aromatic rings. The Balaban J connectivity index is 3.07. The smallest absolute Gasteiger partial charge is 0.232 e. The van der Waals surface area contributed by atoms with Crippen molar-refractivity contribution in [2.24, 2.45) is 0 Å². The van der Waals surface area contributed by atoms with Gasteiger partial charge in [0.05, 0.1) is 11.4 Å². The van der Waals surface area contributed by atoms with Gasteiger partial charge in [-0.1, -0.05) is 21.9 Å². The molecule has 1 rings (SSSR count). The number of hydrogen-bond acceptors (Lipinski definition) is 2. The molecule has 5 heteroatoms. The van der Waals surface area contributed by atoms with Gasteiger partial charge in [0.2, 0.25) is 10.0 Å². The largest absolute Gasteiger partial charge is 0.283 e. The van der Waals surface area contributed by atoms with E-state index in [0.717, 1.165) is 4.47 Å². The average Bonchev–Trinajstić information content (AvgIpc) is 2.16. The van der Waals surface area contributed by atoms with Gasteiger partial charge in [0.15, 0.2) is 0 Å². The quantitative estimate of drug-likeness (QED) is 0.867. The molecule has 0 atom stereocenters. The summed E-state index contributed by atoms with van der Waals surface area (Å²) in [7, 11) is -3.25. The van der Waals surface area contributed by atoms with E-state index in [1.54, 1.807) is 25.1 Å². The Morgan fingerprint density at radius 3 is 2.67 bits per heavy atom. The third kappa shape index (κ3) is 3.57. The molecular formula is C10H10BrNO2S. The molecular weight excluding hydrogens is 278 g/mol. The number of halogens is 1. The van der Waals surface area contributed by atoms with E-state index in [2.05, 4.69) is 26.6 Å². The number of benzene rings is 1. The Hall–Kier alpha value is -0.990. The molecule has 0 bridgehead atoms. The first-order valence-corrected chi connectivity index (χ1v) is 6.69. The van der Waals surface area contributed by atoms with Crippen LogP contribution in [0.4, 0.5) is 5.69 Å². The number of rotatable bonds is 3. The molecule has 0 saturated carbocycles. The molecule has 0 fully saturated rings. The Morgan fingerprint density at radius 2 is 2.13 bits per heavy atom. The summed E-state index contributed by atoms with van der Waals surface area (Å²) in [4.78, 5) is 0. The minimum absolute atomic E-state index is 0.0326. The molecule has 0 radical (unpaired) electrons. The van der Waals surface area contributed by atoms with Crippen LogP contribution in [0.25, 0.3) is 0 Å². The molecule has 0 aliphatic rings. The van der Waals surface area contributed by atoms with Gasteiger partial charge < -0.3 is 0 Å². The predicted octanol–water partition coefficient (Wildman–Crippen LogP) is 2.19. The number of nitrogens with one attached hydrogen (secondary N) is 1. The number of terminal acetylenes is 1. The van der Waals surface area contributed by atoms with Crippen LogP contribution in [0, 0.1) is 12.3 Å². The van der Waals surface area contributed by atoms with E-state index in [0.29, 0.717) is 11.3 Å². The van der Waals surface area contributed by atoms with Gasteiger partial charge in [-0.15, -0.1) is 6.42 Å². The highest BCUT2D eigenvalue weighted by Crippen LogP contribution is 2.20. The fraction of sp³-hybridized carbons (Fsp3) is 0.200. The van der Waals surface area contributed by atoms with Crippen molar-refractivity contribution < 1.29 is 8.42 Å². The van der Waals surface area contributed by atoms with E-state index in [9.17, 15) is 8.42 Å². The van der Waals surface area contributed by atoms with Gasteiger partial charge in [-0.3, -0.25) is 4.72 Å². The van der Waals surface area contributed by atoms with Gasteiger partial charge in [0.1, 0.15) is 0 Å². The lowest BCUT2D eigenvalue weighted by atomic mass is 10.2. The summed E-state index contributed by atoms with van der Waals surface area (Å²) in [6.07, 6.45) is 5.24. The monoisotopic (exact) mass is 287 g/mol. The van der Waals surface area contributed by atoms with Crippen LogP contribution in [-0.2, 0) is 10.0 Å². The average molecular weight is 288 g/mol. The van der Waals surface area contributed by atoms with E-state index in [1.807, 2.05) is 0 Å². The molecule has 1 N–H and O–H groups in total. The van der Waals surface area contributed by atoms with Crippen LogP contribution in [0.5, 0.6) is 0 Å². The van der Waals surface area contributed by atoms with E-state index in [-0.39, 0.29) is 5.75 Å². The molecule has 0 saturated heterocycles. The van der Waals surface area contributed by atoms with Crippen molar-refractivity contribution in [3.05, 3.63) is 28.2 Å². The summed E-state index contributed by atoms with van der Waals surface area (Å²) in [6, 6.07) is 5.01. The van der Waals surface area contributed by atoms with Crippen LogP contribution in [0.3, 0.4) is 0 Å². The zero-order valence-electron chi connectivity index (χ0n) is 8.12. The van der Waals surface area contributed by atoms with E-state index >= 15 is 0 Å². The molecule has 0 unspecified atom stereocenters. The second kappa shape index (κ2) is 4.69. The van der Waals surface area contributed by atoms with Gasteiger partial charge in [-0.2, -0.15) is 0 Å². The third-order valence-corrected chi connectivity index (χ3v) is 3.48. The maximum atomic E-state index is 11.3. The summed E-state index contributed by atoms with van der Waals surface area (Å²) in [5.74, 6) is 2.48. The van der Waals surface area contributed by atoms with Crippen LogP contribution in [0.1, 0.15) is 12.5 Å². The van der Waals surface area contributed by atoms with Crippen molar-refractivity contribution in [1.29, 1.82) is 0 Å². The Morgan fingerprint density at radius 1 is 1.47 bits per heavy atom. The maximum Gasteiger partial charge on any atom is 0.232 e. The number of sulfonamides is 1. The Bertz CT molecular complexity index is 503. The van der Waals surface area contributed by atoms with Gasteiger partial charge >= 0.3 is 0 Å². The Kier molecular flexibility index (Phi) is 3.77. The summed E-state index contributed by atoms with van der Waals surface area (Å²) < 4.78 is 25.8. The number of anilines is 1. The fourth-order valence-corrected chi connectivity index (χ4v) is 2.10. The van der Waals surface area contributed by atoms with E-state index in [1.165, 1.54) is 0 Å². The van der Waals surface area contributed by atoms with Crippen LogP contribution in [0.2, 0.25) is 0 Å². The lowest BCUT2D eigenvalue weighted by Gasteiger charge is -2.06. The first-order valence-electron chi connectivity index (χ1n) is 4.24. The summed E-state index contributed by atoms with van der Waals surface area (Å²) in [5, 5.41) is 0. The first kappa shape index (κ1) is 12.1. The topological polar surface area (TPSA) is 46.2 Å². The lowest BCUT2D eigenvalue weighted by molar-refractivity contribution is 0.602. The van der Waals surface area contributed by atoms with Crippen molar-refractivity contribution in [3.8, 4) is 12.3 Å². The van der Waals surface area contributed by atoms with Crippen molar-refractivity contribution in [3.63, 3.8) is 0 Å².